The van der Waals surface area contributed by atoms with Gasteiger partial charge in [0.05, 0.1) is 13.0 Å². The van der Waals surface area contributed by atoms with E-state index in [-0.39, 0.29) is 34.9 Å². The molecule has 1 aliphatic heterocycles. The first-order valence-corrected chi connectivity index (χ1v) is 7.60. The number of methoxy groups -OCH3 is 1. The van der Waals surface area contributed by atoms with Crippen molar-refractivity contribution in [1.29, 1.82) is 0 Å². The van der Waals surface area contributed by atoms with Crippen LogP contribution in [0, 0.1) is 0 Å². The van der Waals surface area contributed by atoms with E-state index in [0.29, 0.717) is 39.0 Å². The third-order valence-corrected chi connectivity index (χ3v) is 3.87. The summed E-state index contributed by atoms with van der Waals surface area (Å²) in [7, 11) is 1.56. The highest BCUT2D eigenvalue weighted by molar-refractivity contribution is 5.95. The minimum atomic E-state index is -0.347. The maximum atomic E-state index is 12.1. The molecule has 3 N–H and O–H groups in total. The maximum Gasteiger partial charge on any atom is 0.251 e. The van der Waals surface area contributed by atoms with Crippen LogP contribution in [0.1, 0.15) is 29.6 Å². The zero-order valence-electron chi connectivity index (χ0n) is 13.1. The van der Waals surface area contributed by atoms with Crippen LogP contribution in [-0.4, -0.2) is 59.8 Å². The van der Waals surface area contributed by atoms with E-state index < -0.39 is 0 Å². The van der Waals surface area contributed by atoms with E-state index in [4.69, 9.17) is 4.74 Å². The Kier molecular flexibility index (Phi) is 5.81. The van der Waals surface area contributed by atoms with Crippen LogP contribution in [0.4, 0.5) is 0 Å². The fourth-order valence-electron chi connectivity index (χ4n) is 2.62. The number of nitrogens with one attached hydrogen (secondary N) is 1. The second kappa shape index (κ2) is 7.82. The monoisotopic (exact) mass is 322 g/mol. The Hall–Kier alpha value is -2.28. The highest BCUT2D eigenvalue weighted by Crippen LogP contribution is 2.21. The molecule has 23 heavy (non-hydrogen) atoms. The molecule has 7 heteroatoms. The van der Waals surface area contributed by atoms with Gasteiger partial charge in [-0.25, -0.2) is 0 Å². The Morgan fingerprint density at radius 3 is 2.39 bits per heavy atom. The van der Waals surface area contributed by atoms with Crippen LogP contribution < -0.4 is 5.32 Å². The Morgan fingerprint density at radius 1 is 1.22 bits per heavy atom. The summed E-state index contributed by atoms with van der Waals surface area (Å²) < 4.78 is 4.90. The van der Waals surface area contributed by atoms with E-state index in [9.17, 15) is 19.8 Å². The summed E-state index contributed by atoms with van der Waals surface area (Å²) >= 11 is 0. The molecule has 2 rings (SSSR count). The number of amides is 2. The van der Waals surface area contributed by atoms with Crippen LogP contribution in [0.15, 0.2) is 18.2 Å². The van der Waals surface area contributed by atoms with Crippen LogP contribution in [-0.2, 0) is 9.53 Å². The van der Waals surface area contributed by atoms with Gasteiger partial charge in [0.1, 0.15) is 11.5 Å². The fraction of sp³-hybridized carbons (Fsp3) is 0.500. The van der Waals surface area contributed by atoms with E-state index in [1.807, 2.05) is 0 Å². The molecule has 1 heterocycles. The largest absolute Gasteiger partial charge is 0.508 e. The summed E-state index contributed by atoms with van der Waals surface area (Å²) in [4.78, 5) is 25.8. The molecule has 1 aromatic rings. The van der Waals surface area contributed by atoms with Gasteiger partial charge in [-0.2, -0.15) is 0 Å². The van der Waals surface area contributed by atoms with Crippen molar-refractivity contribution >= 4 is 11.8 Å². The second-order valence-corrected chi connectivity index (χ2v) is 5.61. The number of carbonyl (C=O) groups excluding carboxylic acids is 2. The summed E-state index contributed by atoms with van der Waals surface area (Å²) in [6.45, 7) is 1.61. The lowest BCUT2D eigenvalue weighted by Gasteiger charge is -2.32. The van der Waals surface area contributed by atoms with Crippen molar-refractivity contribution in [2.24, 2.45) is 0 Å². The Balaban J connectivity index is 1.84. The van der Waals surface area contributed by atoms with Crippen molar-refractivity contribution in [3.8, 4) is 11.5 Å². The molecule has 2 amide bonds. The molecule has 0 spiro atoms. The molecule has 0 atom stereocenters. The minimum absolute atomic E-state index is 0.0292. The molecule has 1 fully saturated rings. The number of piperidine rings is 1. The summed E-state index contributed by atoms with van der Waals surface area (Å²) in [5.41, 5.74) is 0.209. The molecular formula is C16H22N2O5. The Morgan fingerprint density at radius 2 is 1.83 bits per heavy atom. The number of phenols is 2. The predicted octanol–water partition coefficient (Wildman–Crippen LogP) is 0.855. The maximum absolute atomic E-state index is 12.1. The fourth-order valence-corrected chi connectivity index (χ4v) is 2.62. The molecule has 0 aliphatic carbocycles. The summed E-state index contributed by atoms with van der Waals surface area (Å²) in [6.07, 6.45) is 1.72. The number of ether oxygens (including phenoxy) is 1. The summed E-state index contributed by atoms with van der Waals surface area (Å²) in [5.74, 6) is -0.600. The first-order chi connectivity index (χ1) is 11.0. The van der Waals surface area contributed by atoms with Crippen molar-refractivity contribution < 1.29 is 24.5 Å². The van der Waals surface area contributed by atoms with Crippen molar-refractivity contribution in [2.75, 3.05) is 26.8 Å². The molecule has 0 saturated carbocycles. The summed E-state index contributed by atoms with van der Waals surface area (Å²) in [5, 5.41) is 21.7. The topological polar surface area (TPSA) is 99.1 Å². The number of carbonyl (C=O) groups is 2. The summed E-state index contributed by atoms with van der Waals surface area (Å²) in [6, 6.07) is 3.75. The van der Waals surface area contributed by atoms with Crippen LogP contribution in [0.3, 0.4) is 0 Å². The number of hydrogen-bond donors (Lipinski definition) is 3. The van der Waals surface area contributed by atoms with Crippen LogP contribution in [0.25, 0.3) is 0 Å². The molecular weight excluding hydrogens is 300 g/mol. The third-order valence-electron chi connectivity index (χ3n) is 3.87. The van der Waals surface area contributed by atoms with E-state index in [1.165, 1.54) is 18.2 Å². The number of hydrogen-bond acceptors (Lipinski definition) is 5. The van der Waals surface area contributed by atoms with Crippen LogP contribution in [0.2, 0.25) is 0 Å². The van der Waals surface area contributed by atoms with Crippen molar-refractivity contribution in [3.63, 3.8) is 0 Å². The highest BCUT2D eigenvalue weighted by Gasteiger charge is 2.24. The Labute approximate surface area is 134 Å². The van der Waals surface area contributed by atoms with Gasteiger partial charge in [-0.15, -0.1) is 0 Å². The van der Waals surface area contributed by atoms with E-state index in [0.717, 1.165) is 0 Å². The zero-order chi connectivity index (χ0) is 16.8. The number of rotatable bonds is 5. The third kappa shape index (κ3) is 4.85. The van der Waals surface area contributed by atoms with Crippen LogP contribution in [0.5, 0.6) is 11.5 Å². The van der Waals surface area contributed by atoms with E-state index in [2.05, 4.69) is 5.32 Å². The quantitative estimate of drug-likeness (QED) is 0.746. The van der Waals surface area contributed by atoms with Crippen LogP contribution >= 0.6 is 0 Å². The van der Waals surface area contributed by atoms with Gasteiger partial charge in [-0.1, -0.05) is 0 Å². The molecule has 1 saturated heterocycles. The average Bonchev–Trinajstić information content (AvgIpc) is 2.52. The average molecular weight is 322 g/mol. The van der Waals surface area contributed by atoms with Gasteiger partial charge in [0.2, 0.25) is 5.91 Å². The van der Waals surface area contributed by atoms with Gasteiger partial charge in [0.25, 0.3) is 5.91 Å². The number of phenolic OH excluding ortho intramolecular Hbond substituents is 2. The zero-order valence-corrected chi connectivity index (χ0v) is 13.1. The molecule has 7 nitrogen and oxygen atoms in total. The molecule has 126 valence electrons. The molecule has 0 bridgehead atoms. The smallest absolute Gasteiger partial charge is 0.251 e. The van der Waals surface area contributed by atoms with Gasteiger partial charge in [0, 0.05) is 37.9 Å². The molecule has 0 radical (unpaired) electrons. The molecule has 0 aromatic heterocycles. The van der Waals surface area contributed by atoms with Crippen molar-refractivity contribution in [2.45, 2.75) is 25.3 Å². The van der Waals surface area contributed by atoms with Gasteiger partial charge >= 0.3 is 0 Å². The Bertz CT molecular complexity index is 547. The first kappa shape index (κ1) is 17.1. The highest BCUT2D eigenvalue weighted by atomic mass is 16.5. The molecule has 1 aliphatic rings. The number of aromatic hydroxyl groups is 2. The van der Waals surface area contributed by atoms with Gasteiger partial charge in [-0.3, -0.25) is 9.59 Å². The number of benzene rings is 1. The number of nitrogens with zero attached hydrogens (tertiary/aromatic N) is 1. The molecule has 0 unspecified atom stereocenters. The lowest BCUT2D eigenvalue weighted by molar-refractivity contribution is -0.133. The SMILES string of the molecule is COCCC(=O)N1CCC(NC(=O)c2cc(O)cc(O)c2)CC1. The second-order valence-electron chi connectivity index (χ2n) is 5.61. The van der Waals surface area contributed by atoms with Crippen molar-refractivity contribution in [3.05, 3.63) is 23.8 Å². The van der Waals surface area contributed by atoms with Gasteiger partial charge in [0.15, 0.2) is 0 Å². The van der Waals surface area contributed by atoms with Crippen molar-refractivity contribution in [1.82, 2.24) is 10.2 Å². The lowest BCUT2D eigenvalue weighted by atomic mass is 10.0. The first-order valence-electron chi connectivity index (χ1n) is 7.60. The van der Waals surface area contributed by atoms with E-state index >= 15 is 0 Å². The normalized spacial score (nSPS) is 15.4. The van der Waals surface area contributed by atoms with Gasteiger partial charge in [-0.05, 0) is 25.0 Å². The molecule has 1 aromatic carbocycles. The van der Waals surface area contributed by atoms with E-state index in [1.54, 1.807) is 12.0 Å². The minimum Gasteiger partial charge on any atom is -0.508 e. The lowest BCUT2D eigenvalue weighted by Crippen LogP contribution is -2.46. The standard InChI is InChI=1S/C16H22N2O5/c1-23-7-4-15(21)18-5-2-12(3-6-18)17-16(22)11-8-13(19)10-14(20)9-11/h8-10,12,19-20H,2-7H2,1H3,(H,17,22). The van der Waals surface area contributed by atoms with Gasteiger partial charge < -0.3 is 25.2 Å². The number of likely N-dealkylation sites (tertiary alicyclic amines) is 1. The predicted molar refractivity (Wildman–Crippen MR) is 83.3 cm³/mol.